The Morgan fingerprint density at radius 1 is 0.256 bits per heavy atom. The highest BCUT2D eigenvalue weighted by Crippen LogP contribution is 2.17. The lowest BCUT2D eigenvalue weighted by atomic mass is 10.0. The van der Waals surface area contributed by atoms with Crippen LogP contribution in [0.15, 0.2) is 72.9 Å². The van der Waals surface area contributed by atoms with Crippen molar-refractivity contribution in [3.05, 3.63) is 72.9 Å². The summed E-state index contributed by atoms with van der Waals surface area (Å²) in [5.41, 5.74) is 0. The van der Waals surface area contributed by atoms with Crippen LogP contribution < -0.4 is 0 Å². The van der Waals surface area contributed by atoms with E-state index in [-0.39, 0.29) is 31.1 Å². The second-order valence-corrected chi connectivity index (χ2v) is 22.7. The molecule has 0 heterocycles. The Hall–Kier alpha value is -3.15. The van der Waals surface area contributed by atoms with E-state index in [1.807, 2.05) is 0 Å². The molecule has 1 atom stereocenters. The van der Waals surface area contributed by atoms with E-state index in [1.54, 1.807) is 0 Å². The lowest BCUT2D eigenvalue weighted by Gasteiger charge is -2.18. The van der Waals surface area contributed by atoms with Gasteiger partial charge < -0.3 is 14.2 Å². The lowest BCUT2D eigenvalue weighted by Crippen LogP contribution is -2.30. The molecular weight excluding hydrogens is 961 g/mol. The van der Waals surface area contributed by atoms with Crippen molar-refractivity contribution in [3.63, 3.8) is 0 Å². The number of carbonyl (C=O) groups excluding carboxylic acids is 3. The molecular formula is C72H128O6. The van der Waals surface area contributed by atoms with Crippen molar-refractivity contribution in [3.8, 4) is 0 Å². The highest BCUT2D eigenvalue weighted by molar-refractivity contribution is 5.71. The quantitative estimate of drug-likeness (QED) is 0.0261. The zero-order valence-corrected chi connectivity index (χ0v) is 51.9. The Labute approximate surface area is 484 Å². The van der Waals surface area contributed by atoms with Gasteiger partial charge in [0.15, 0.2) is 6.10 Å². The van der Waals surface area contributed by atoms with E-state index >= 15 is 0 Å². The van der Waals surface area contributed by atoms with Crippen LogP contribution in [0.5, 0.6) is 0 Å². The summed E-state index contributed by atoms with van der Waals surface area (Å²) in [6.07, 6.45) is 86.4. The van der Waals surface area contributed by atoms with Crippen LogP contribution in [-0.2, 0) is 28.6 Å². The third-order valence-electron chi connectivity index (χ3n) is 14.9. The van der Waals surface area contributed by atoms with E-state index in [1.165, 1.54) is 212 Å². The summed E-state index contributed by atoms with van der Waals surface area (Å²) < 4.78 is 16.9. The SMILES string of the molecule is CCCCCCC/C=C\C/C=C\C/C=C\CCCCCCCCCCCCCCCCC(=O)OCC(COC(=O)CCCCCCCCCCCC)OC(=O)CCCCCCCC/C=C\C/C=C\C/C=C\CCCCCCC. The maximum Gasteiger partial charge on any atom is 0.306 e. The van der Waals surface area contributed by atoms with Crippen molar-refractivity contribution in [2.24, 2.45) is 0 Å². The maximum absolute atomic E-state index is 12.9. The van der Waals surface area contributed by atoms with E-state index in [0.29, 0.717) is 19.3 Å². The van der Waals surface area contributed by atoms with Crippen LogP contribution in [0.4, 0.5) is 0 Å². The fraction of sp³-hybridized carbons (Fsp3) is 0.792. The summed E-state index contributed by atoms with van der Waals surface area (Å²) in [6, 6.07) is 0. The number of hydrogen-bond acceptors (Lipinski definition) is 6. The number of unbranched alkanes of at least 4 members (excludes halogenated alkanes) is 39. The largest absolute Gasteiger partial charge is 0.462 e. The standard InChI is InChI=1S/C72H128O6/c1-4-7-10-13-16-19-22-24-26-28-30-32-33-34-35-36-37-38-39-41-42-44-46-48-50-53-56-59-62-65-71(74)77-68-69(67-76-70(73)64-61-58-55-52-21-18-15-12-9-6-3)78-72(75)66-63-60-57-54-51-49-47-45-43-40-31-29-27-25-23-20-17-14-11-8-5-2/h22-25,28-31,33-34,43,45,69H,4-21,26-27,32,35-42,44,46-68H2,1-3H3/b24-22-,25-23-,30-28-,31-29-,34-33-,45-43-. The Morgan fingerprint density at radius 3 is 0.718 bits per heavy atom. The molecule has 6 heteroatoms. The Bertz CT molecular complexity index is 1440. The van der Waals surface area contributed by atoms with Crippen LogP contribution in [0.25, 0.3) is 0 Å². The van der Waals surface area contributed by atoms with Gasteiger partial charge in [-0.05, 0) is 96.3 Å². The molecule has 0 aromatic carbocycles. The average Bonchev–Trinajstić information content (AvgIpc) is 3.44. The first-order valence-corrected chi connectivity index (χ1v) is 33.9. The highest BCUT2D eigenvalue weighted by atomic mass is 16.6. The minimum Gasteiger partial charge on any atom is -0.462 e. The molecule has 0 aliphatic heterocycles. The van der Waals surface area contributed by atoms with Gasteiger partial charge in [-0.25, -0.2) is 0 Å². The third kappa shape index (κ3) is 63.7. The van der Waals surface area contributed by atoms with Crippen molar-refractivity contribution < 1.29 is 28.6 Å². The van der Waals surface area contributed by atoms with Gasteiger partial charge in [-0.2, -0.15) is 0 Å². The molecule has 0 fully saturated rings. The lowest BCUT2D eigenvalue weighted by molar-refractivity contribution is -0.167. The summed E-state index contributed by atoms with van der Waals surface area (Å²) in [5.74, 6) is -0.876. The topological polar surface area (TPSA) is 78.9 Å². The molecule has 0 saturated heterocycles. The van der Waals surface area contributed by atoms with Crippen LogP contribution in [0, 0.1) is 0 Å². The van der Waals surface area contributed by atoms with Gasteiger partial charge in [0.25, 0.3) is 0 Å². The van der Waals surface area contributed by atoms with Crippen LogP contribution in [0.2, 0.25) is 0 Å². The van der Waals surface area contributed by atoms with Gasteiger partial charge in [0.05, 0.1) is 0 Å². The van der Waals surface area contributed by atoms with E-state index in [4.69, 9.17) is 14.2 Å². The van der Waals surface area contributed by atoms with E-state index in [0.717, 1.165) is 96.3 Å². The Kier molecular flexibility index (Phi) is 63.7. The third-order valence-corrected chi connectivity index (χ3v) is 14.9. The van der Waals surface area contributed by atoms with Crippen molar-refractivity contribution >= 4 is 17.9 Å². The molecule has 0 saturated carbocycles. The first-order valence-electron chi connectivity index (χ1n) is 33.9. The van der Waals surface area contributed by atoms with Gasteiger partial charge in [0.1, 0.15) is 13.2 Å². The zero-order valence-electron chi connectivity index (χ0n) is 51.9. The van der Waals surface area contributed by atoms with Crippen LogP contribution in [0.3, 0.4) is 0 Å². The summed E-state index contributed by atoms with van der Waals surface area (Å²) in [7, 11) is 0. The molecule has 78 heavy (non-hydrogen) atoms. The summed E-state index contributed by atoms with van der Waals surface area (Å²) in [5, 5.41) is 0. The normalized spacial score (nSPS) is 12.5. The van der Waals surface area contributed by atoms with Gasteiger partial charge >= 0.3 is 17.9 Å². The molecule has 0 aliphatic carbocycles. The first-order chi connectivity index (χ1) is 38.5. The van der Waals surface area contributed by atoms with Crippen molar-refractivity contribution in [1.29, 1.82) is 0 Å². The zero-order chi connectivity index (χ0) is 56.4. The monoisotopic (exact) mass is 1090 g/mol. The van der Waals surface area contributed by atoms with Gasteiger partial charge in [-0.1, -0.05) is 306 Å². The van der Waals surface area contributed by atoms with Crippen molar-refractivity contribution in [1.82, 2.24) is 0 Å². The van der Waals surface area contributed by atoms with E-state index in [9.17, 15) is 14.4 Å². The summed E-state index contributed by atoms with van der Waals surface area (Å²) in [4.78, 5) is 38.3. The second-order valence-electron chi connectivity index (χ2n) is 22.7. The summed E-state index contributed by atoms with van der Waals surface area (Å²) in [6.45, 7) is 6.63. The van der Waals surface area contributed by atoms with Gasteiger partial charge in [0, 0.05) is 19.3 Å². The number of ether oxygens (including phenoxy) is 3. The molecule has 452 valence electrons. The molecule has 0 bridgehead atoms. The number of rotatable bonds is 62. The minimum atomic E-state index is -0.781. The fourth-order valence-corrected chi connectivity index (χ4v) is 9.81. The van der Waals surface area contributed by atoms with E-state index < -0.39 is 6.10 Å². The molecule has 0 rings (SSSR count). The van der Waals surface area contributed by atoms with Gasteiger partial charge in [-0.3, -0.25) is 14.4 Å². The molecule has 0 aromatic rings. The van der Waals surface area contributed by atoms with Crippen molar-refractivity contribution in [2.45, 2.75) is 354 Å². The molecule has 0 radical (unpaired) electrons. The number of carbonyl (C=O) groups is 3. The number of allylic oxidation sites excluding steroid dienone is 12. The minimum absolute atomic E-state index is 0.0776. The predicted octanol–water partition coefficient (Wildman–Crippen LogP) is 23.3. The second kappa shape index (κ2) is 66.4. The Balaban J connectivity index is 4.20. The maximum atomic E-state index is 12.9. The predicted molar refractivity (Wildman–Crippen MR) is 339 cm³/mol. The van der Waals surface area contributed by atoms with Crippen molar-refractivity contribution in [2.75, 3.05) is 13.2 Å². The molecule has 6 nitrogen and oxygen atoms in total. The molecule has 0 N–H and O–H groups in total. The van der Waals surface area contributed by atoms with Gasteiger partial charge in [-0.15, -0.1) is 0 Å². The molecule has 0 spiro atoms. The van der Waals surface area contributed by atoms with Crippen LogP contribution >= 0.6 is 0 Å². The smallest absolute Gasteiger partial charge is 0.306 e. The average molecular weight is 1090 g/mol. The number of hydrogen-bond donors (Lipinski definition) is 0. The molecule has 0 aliphatic rings. The van der Waals surface area contributed by atoms with Gasteiger partial charge in [0.2, 0.25) is 0 Å². The molecule has 0 aromatic heterocycles. The Morgan fingerprint density at radius 2 is 0.462 bits per heavy atom. The molecule has 1 unspecified atom stereocenters. The highest BCUT2D eigenvalue weighted by Gasteiger charge is 2.19. The summed E-state index contributed by atoms with van der Waals surface area (Å²) >= 11 is 0. The van der Waals surface area contributed by atoms with Crippen LogP contribution in [0.1, 0.15) is 348 Å². The van der Waals surface area contributed by atoms with E-state index in [2.05, 4.69) is 93.7 Å². The number of esters is 3. The fourth-order valence-electron chi connectivity index (χ4n) is 9.81. The molecule has 0 amide bonds. The first kappa shape index (κ1) is 74.8. The van der Waals surface area contributed by atoms with Crippen LogP contribution in [-0.4, -0.2) is 37.2 Å².